The summed E-state index contributed by atoms with van der Waals surface area (Å²) in [5.74, 6) is 1.09. The number of carbonyl (C=O) groups is 1. The molecule has 0 aromatic heterocycles. The smallest absolute Gasteiger partial charge is 0.132 e. The lowest BCUT2D eigenvalue weighted by atomic mass is 9.93. The number of carbonyl (C=O) groups excluding carboxylic acids is 1. The van der Waals surface area contributed by atoms with Gasteiger partial charge in [-0.25, -0.2) is 0 Å². The van der Waals surface area contributed by atoms with E-state index in [9.17, 15) is 4.79 Å². The second kappa shape index (κ2) is 27.9. The minimum absolute atomic E-state index is 0.370. The Labute approximate surface area is 232 Å². The van der Waals surface area contributed by atoms with Crippen molar-refractivity contribution >= 4 is 5.78 Å². The molecule has 0 rings (SSSR count). The van der Waals surface area contributed by atoms with Crippen molar-refractivity contribution in [1.29, 1.82) is 0 Å². The summed E-state index contributed by atoms with van der Waals surface area (Å²) in [5, 5.41) is 0. The van der Waals surface area contributed by atoms with E-state index in [0.717, 1.165) is 70.8 Å². The first-order valence-electron chi connectivity index (χ1n) is 16.1. The van der Waals surface area contributed by atoms with Gasteiger partial charge in [-0.3, -0.25) is 4.79 Å². The van der Waals surface area contributed by atoms with Crippen LogP contribution in [0.4, 0.5) is 0 Å². The molecule has 2 nitrogen and oxygen atoms in total. The number of hydrogen-bond donors (Lipinski definition) is 0. The second-order valence-corrected chi connectivity index (χ2v) is 11.3. The normalized spacial score (nSPS) is 13.5. The lowest BCUT2D eigenvalue weighted by molar-refractivity contribution is -0.119. The first-order valence-corrected chi connectivity index (χ1v) is 16.1. The molecule has 0 aliphatic carbocycles. The number of ether oxygens (including phenoxy) is 1. The second-order valence-electron chi connectivity index (χ2n) is 11.3. The van der Waals surface area contributed by atoms with Gasteiger partial charge in [-0.05, 0) is 103 Å². The van der Waals surface area contributed by atoms with Gasteiger partial charge >= 0.3 is 0 Å². The summed E-state index contributed by atoms with van der Waals surface area (Å²) < 4.78 is 5.97. The van der Waals surface area contributed by atoms with Gasteiger partial charge in [0.25, 0.3) is 0 Å². The third kappa shape index (κ3) is 27.7. The van der Waals surface area contributed by atoms with Gasteiger partial charge in [0.1, 0.15) is 5.78 Å². The van der Waals surface area contributed by atoms with E-state index in [0.29, 0.717) is 17.8 Å². The highest BCUT2D eigenvalue weighted by Crippen LogP contribution is 2.20. The monoisotopic (exact) mass is 516 g/mol. The van der Waals surface area contributed by atoms with Crippen molar-refractivity contribution in [2.24, 2.45) is 5.92 Å². The van der Waals surface area contributed by atoms with Gasteiger partial charge in [-0.2, -0.15) is 0 Å². The highest BCUT2D eigenvalue weighted by molar-refractivity contribution is 5.78. The fourth-order valence-electron chi connectivity index (χ4n) is 4.65. The van der Waals surface area contributed by atoms with E-state index in [1.165, 1.54) is 76.2 Å². The molecule has 0 heterocycles. The third-order valence-corrected chi connectivity index (χ3v) is 7.35. The molecule has 2 heteroatoms. The van der Waals surface area contributed by atoms with Gasteiger partial charge < -0.3 is 4.74 Å². The summed E-state index contributed by atoms with van der Waals surface area (Å²) >= 11 is 0. The molecule has 0 aromatic rings. The van der Waals surface area contributed by atoms with Crippen molar-refractivity contribution in [2.75, 3.05) is 6.61 Å². The summed E-state index contributed by atoms with van der Waals surface area (Å²) in [4.78, 5) is 12.2. The highest BCUT2D eigenvalue weighted by Gasteiger charge is 2.08. The van der Waals surface area contributed by atoms with Crippen LogP contribution in [0.2, 0.25) is 0 Å². The van der Waals surface area contributed by atoms with Crippen molar-refractivity contribution in [1.82, 2.24) is 0 Å². The van der Waals surface area contributed by atoms with Crippen LogP contribution in [-0.4, -0.2) is 18.5 Å². The van der Waals surface area contributed by atoms with Crippen molar-refractivity contribution in [3.05, 3.63) is 36.5 Å². The van der Waals surface area contributed by atoms with Crippen LogP contribution >= 0.6 is 0 Å². The molecule has 0 fully saturated rings. The quantitative estimate of drug-likeness (QED) is 0.0763. The van der Waals surface area contributed by atoms with Crippen molar-refractivity contribution in [3.63, 3.8) is 0 Å². The number of ketones is 1. The maximum atomic E-state index is 12.2. The van der Waals surface area contributed by atoms with Crippen LogP contribution in [0.15, 0.2) is 36.5 Å². The highest BCUT2D eigenvalue weighted by atomic mass is 16.5. The number of unbranched alkanes of at least 4 members (excludes halogenated alkanes) is 9. The van der Waals surface area contributed by atoms with Gasteiger partial charge in [-0.1, -0.05) is 89.3 Å². The average Bonchev–Trinajstić information content (AvgIpc) is 2.89. The Morgan fingerprint density at radius 1 is 0.649 bits per heavy atom. The zero-order valence-electron chi connectivity index (χ0n) is 25.5. The number of Topliss-reactive ketones (excluding diaryl/α,β-unsaturated/α-hetero) is 1. The first kappa shape index (κ1) is 35.9. The Balaban J connectivity index is 3.56. The molecule has 37 heavy (non-hydrogen) atoms. The summed E-state index contributed by atoms with van der Waals surface area (Å²) in [6, 6.07) is 0. The molecule has 0 radical (unpaired) electrons. The van der Waals surface area contributed by atoms with Crippen LogP contribution in [0.25, 0.3) is 0 Å². The predicted octanol–water partition coefficient (Wildman–Crippen LogP) is 11.5. The van der Waals surface area contributed by atoms with Gasteiger partial charge in [0, 0.05) is 19.4 Å². The first-order chi connectivity index (χ1) is 18.0. The Morgan fingerprint density at radius 2 is 1.22 bits per heavy atom. The molecule has 0 aliphatic rings. The summed E-state index contributed by atoms with van der Waals surface area (Å²) in [6.07, 6.45) is 33.7. The van der Waals surface area contributed by atoms with Crippen molar-refractivity contribution < 1.29 is 9.53 Å². The van der Waals surface area contributed by atoms with Crippen LogP contribution < -0.4 is 0 Å². The third-order valence-electron chi connectivity index (χ3n) is 7.35. The molecular weight excluding hydrogens is 452 g/mol. The maximum Gasteiger partial charge on any atom is 0.132 e. The Morgan fingerprint density at radius 3 is 1.89 bits per heavy atom. The van der Waals surface area contributed by atoms with Crippen LogP contribution in [0.1, 0.15) is 163 Å². The van der Waals surface area contributed by atoms with Gasteiger partial charge in [0.05, 0.1) is 6.10 Å². The molecular formula is C35H64O2. The standard InChI is InChI=1S/C35H64O2/c1-6-8-10-12-14-15-16-17-18-20-26-35(36)30-29-33(4)28-27-32(3)24-21-22-25-34(5)37-31-23-19-13-11-9-7-2/h8-11,33-34H,3,6-7,12-31H2,1-2,4-5H3/b10-8-,11-9-. The van der Waals surface area contributed by atoms with E-state index < -0.39 is 0 Å². The van der Waals surface area contributed by atoms with Crippen molar-refractivity contribution in [2.45, 2.75) is 169 Å². The average molecular weight is 517 g/mol. The summed E-state index contributed by atoms with van der Waals surface area (Å²) in [5.41, 5.74) is 1.38. The molecule has 0 spiro atoms. The molecule has 216 valence electrons. The molecule has 0 aromatic carbocycles. The van der Waals surface area contributed by atoms with Crippen LogP contribution in [-0.2, 0) is 9.53 Å². The molecule has 2 atom stereocenters. The Bertz CT molecular complexity index is 574. The fourth-order valence-corrected chi connectivity index (χ4v) is 4.65. The number of rotatable bonds is 28. The summed E-state index contributed by atoms with van der Waals surface area (Å²) in [6.45, 7) is 14.1. The molecule has 0 bridgehead atoms. The largest absolute Gasteiger partial charge is 0.379 e. The maximum absolute atomic E-state index is 12.2. The minimum atomic E-state index is 0.370. The molecule has 0 saturated carbocycles. The van der Waals surface area contributed by atoms with Crippen molar-refractivity contribution in [3.8, 4) is 0 Å². The van der Waals surface area contributed by atoms with Crippen LogP contribution in [0.3, 0.4) is 0 Å². The summed E-state index contributed by atoms with van der Waals surface area (Å²) in [7, 11) is 0. The van der Waals surface area contributed by atoms with Gasteiger partial charge in [-0.15, -0.1) is 0 Å². The molecule has 0 N–H and O–H groups in total. The van der Waals surface area contributed by atoms with E-state index in [-0.39, 0.29) is 0 Å². The van der Waals surface area contributed by atoms with Gasteiger partial charge in [0.15, 0.2) is 0 Å². The number of allylic oxidation sites excluding steroid dienone is 5. The molecule has 0 amide bonds. The SMILES string of the molecule is C=C(CCCCC(C)OCCCC/C=C\CC)CCC(C)CCC(=O)CCCCCCCC/C=C\CC. The van der Waals surface area contributed by atoms with Crippen LogP contribution in [0.5, 0.6) is 0 Å². The van der Waals surface area contributed by atoms with E-state index in [2.05, 4.69) is 58.6 Å². The lowest BCUT2D eigenvalue weighted by Crippen LogP contribution is -2.09. The number of hydrogen-bond acceptors (Lipinski definition) is 2. The molecule has 2 unspecified atom stereocenters. The Kier molecular flexibility index (Phi) is 27.0. The van der Waals surface area contributed by atoms with E-state index in [1.54, 1.807) is 0 Å². The fraction of sp³-hybridized carbons (Fsp3) is 0.800. The minimum Gasteiger partial charge on any atom is -0.379 e. The molecule has 0 saturated heterocycles. The van der Waals surface area contributed by atoms with Gasteiger partial charge in [0.2, 0.25) is 0 Å². The van der Waals surface area contributed by atoms with Crippen LogP contribution in [0, 0.1) is 5.92 Å². The predicted molar refractivity (Wildman–Crippen MR) is 165 cm³/mol. The van der Waals surface area contributed by atoms with E-state index in [1.807, 2.05) is 0 Å². The zero-order chi connectivity index (χ0) is 27.4. The van der Waals surface area contributed by atoms with E-state index >= 15 is 0 Å². The zero-order valence-corrected chi connectivity index (χ0v) is 25.5. The molecule has 0 aliphatic heterocycles. The lowest BCUT2D eigenvalue weighted by Gasteiger charge is -2.14. The Hall–Kier alpha value is -1.15. The van der Waals surface area contributed by atoms with E-state index in [4.69, 9.17) is 4.74 Å². The topological polar surface area (TPSA) is 26.3 Å².